The largest absolute Gasteiger partial charge is 0.379 e. The summed E-state index contributed by atoms with van der Waals surface area (Å²) in [5, 5.41) is 9.21. The summed E-state index contributed by atoms with van der Waals surface area (Å²) in [5.74, 6) is -0.500. The highest BCUT2D eigenvalue weighted by atomic mass is 16.1. The van der Waals surface area contributed by atoms with Gasteiger partial charge in [-0.2, -0.15) is 5.10 Å². The van der Waals surface area contributed by atoms with E-state index in [4.69, 9.17) is 11.5 Å². The lowest BCUT2D eigenvalue weighted by Gasteiger charge is -2.39. The van der Waals surface area contributed by atoms with Crippen LogP contribution in [-0.2, 0) is 0 Å². The molecule has 2 atom stereocenters. The van der Waals surface area contributed by atoms with Crippen molar-refractivity contribution in [3.8, 4) is 11.1 Å². The normalized spacial score (nSPS) is 22.9. The van der Waals surface area contributed by atoms with E-state index in [1.165, 1.54) is 0 Å². The second kappa shape index (κ2) is 6.59. The number of hydrogen-bond acceptors (Lipinski definition) is 4. The molecule has 0 radical (unpaired) electrons. The van der Waals surface area contributed by atoms with Gasteiger partial charge in [-0.05, 0) is 55.0 Å². The minimum atomic E-state index is -0.500. The Balaban J connectivity index is 1.62. The summed E-state index contributed by atoms with van der Waals surface area (Å²) in [6, 6.07) is 10.5. The van der Waals surface area contributed by atoms with Crippen molar-refractivity contribution >= 4 is 28.0 Å². The molecule has 31 heavy (non-hydrogen) atoms. The lowest BCUT2D eigenvalue weighted by atomic mass is 9.75. The van der Waals surface area contributed by atoms with E-state index in [0.29, 0.717) is 11.3 Å². The fraction of sp³-hybridized carbons (Fsp3) is 0.333. The minimum Gasteiger partial charge on any atom is -0.379 e. The third-order valence-electron chi connectivity index (χ3n) is 7.40. The Morgan fingerprint density at radius 1 is 1.23 bits per heavy atom. The van der Waals surface area contributed by atoms with Crippen molar-refractivity contribution in [3.05, 3.63) is 54.5 Å². The molecule has 1 saturated carbocycles. The Morgan fingerprint density at radius 2 is 2.03 bits per heavy atom. The second-order valence-corrected chi connectivity index (χ2v) is 9.51. The quantitative estimate of drug-likeness (QED) is 0.404. The Morgan fingerprint density at radius 3 is 2.74 bits per heavy atom. The van der Waals surface area contributed by atoms with E-state index in [1.54, 1.807) is 10.7 Å². The van der Waals surface area contributed by atoms with Gasteiger partial charge < -0.3 is 21.8 Å². The monoisotopic (exact) mass is 416 g/mol. The third kappa shape index (κ3) is 2.99. The molecule has 3 heterocycles. The number of anilines is 1. The maximum Gasteiger partial charge on any atom is 0.252 e. The lowest BCUT2D eigenvalue weighted by molar-refractivity contribution is 0.100. The van der Waals surface area contributed by atoms with Gasteiger partial charge in [-0.25, -0.2) is 4.52 Å². The second-order valence-electron chi connectivity index (χ2n) is 9.51. The van der Waals surface area contributed by atoms with Crippen LogP contribution in [0.15, 0.2) is 48.9 Å². The highest BCUT2D eigenvalue weighted by Gasteiger charge is 2.49. The van der Waals surface area contributed by atoms with Crippen molar-refractivity contribution in [2.45, 2.75) is 45.2 Å². The van der Waals surface area contributed by atoms with Crippen molar-refractivity contribution in [3.63, 3.8) is 0 Å². The molecule has 1 fully saturated rings. The van der Waals surface area contributed by atoms with E-state index in [1.807, 2.05) is 12.4 Å². The first-order valence-corrected chi connectivity index (χ1v) is 10.6. The molecular formula is C24H28N6O. The van der Waals surface area contributed by atoms with E-state index in [9.17, 15) is 4.79 Å². The van der Waals surface area contributed by atoms with Crippen LogP contribution in [0.5, 0.6) is 0 Å². The SMILES string of the molecule is CC1(C)[C@H](Nc2c(C(N)=O)cnn3cc(-c4ccc5[nH]ccc5c4)cc23)CC[C@]1(C)N. The topological polar surface area (TPSA) is 114 Å². The maximum absolute atomic E-state index is 12.2. The molecule has 3 aromatic heterocycles. The summed E-state index contributed by atoms with van der Waals surface area (Å²) < 4.78 is 1.80. The predicted octanol–water partition coefficient (Wildman–Crippen LogP) is 3.90. The lowest BCUT2D eigenvalue weighted by Crippen LogP contribution is -2.51. The average Bonchev–Trinajstić information content (AvgIpc) is 3.40. The Hall–Kier alpha value is -3.32. The minimum absolute atomic E-state index is 0.112. The molecule has 1 aromatic carbocycles. The number of aromatic amines is 1. The average molecular weight is 417 g/mol. The zero-order chi connectivity index (χ0) is 22.0. The molecule has 0 aliphatic heterocycles. The summed E-state index contributed by atoms with van der Waals surface area (Å²) >= 11 is 0. The van der Waals surface area contributed by atoms with Gasteiger partial charge in [0.05, 0.1) is 23.0 Å². The number of amides is 1. The third-order valence-corrected chi connectivity index (χ3v) is 7.40. The molecule has 6 N–H and O–H groups in total. The number of nitrogens with zero attached hydrogens (tertiary/aromatic N) is 2. The van der Waals surface area contributed by atoms with Gasteiger partial charge in [0.15, 0.2) is 0 Å². The number of carbonyl (C=O) groups excluding carboxylic acids is 1. The van der Waals surface area contributed by atoms with Crippen molar-refractivity contribution in [1.82, 2.24) is 14.6 Å². The van der Waals surface area contributed by atoms with E-state index in [-0.39, 0.29) is 17.0 Å². The number of hydrogen-bond donors (Lipinski definition) is 4. The van der Waals surface area contributed by atoms with Crippen LogP contribution in [0, 0.1) is 5.41 Å². The number of H-pyrrole nitrogens is 1. The van der Waals surface area contributed by atoms with Gasteiger partial charge in [0.2, 0.25) is 0 Å². The summed E-state index contributed by atoms with van der Waals surface area (Å²) in [6.07, 6.45) is 7.28. The van der Waals surface area contributed by atoms with E-state index < -0.39 is 5.91 Å². The van der Waals surface area contributed by atoms with Crippen molar-refractivity contribution < 1.29 is 4.79 Å². The van der Waals surface area contributed by atoms with Gasteiger partial charge in [0.1, 0.15) is 0 Å². The number of nitrogens with one attached hydrogen (secondary N) is 2. The first kappa shape index (κ1) is 19.6. The summed E-state index contributed by atoms with van der Waals surface area (Å²) in [5.41, 5.74) is 17.0. The molecular weight excluding hydrogens is 388 g/mol. The molecule has 0 spiro atoms. The first-order chi connectivity index (χ1) is 14.7. The van der Waals surface area contributed by atoms with Crippen LogP contribution in [0.4, 0.5) is 5.69 Å². The van der Waals surface area contributed by atoms with Gasteiger partial charge in [-0.15, -0.1) is 0 Å². The number of primary amides is 1. The van der Waals surface area contributed by atoms with Gasteiger partial charge in [0, 0.05) is 40.5 Å². The number of fused-ring (bicyclic) bond motifs is 2. The standard InChI is InChI=1S/C24H28N6O/c1-23(2)20(6-8-24(23,3)26)29-21-17(22(25)31)12-28-30-13-16(11-19(21)30)14-4-5-18-15(10-14)7-9-27-18/h4-5,7,9-13,20,27,29H,6,8,26H2,1-3H3,(H2,25,31)/t20-,24+/m1/s1. The molecule has 0 bridgehead atoms. The predicted molar refractivity (Wildman–Crippen MR) is 124 cm³/mol. The molecule has 160 valence electrons. The molecule has 7 heteroatoms. The number of nitrogens with two attached hydrogens (primary N) is 2. The highest BCUT2D eigenvalue weighted by molar-refractivity contribution is 6.02. The fourth-order valence-electron chi connectivity index (χ4n) is 4.74. The highest BCUT2D eigenvalue weighted by Crippen LogP contribution is 2.46. The molecule has 0 saturated heterocycles. The molecule has 4 aromatic rings. The van der Waals surface area contributed by atoms with Crippen LogP contribution >= 0.6 is 0 Å². The fourth-order valence-corrected chi connectivity index (χ4v) is 4.74. The van der Waals surface area contributed by atoms with E-state index in [0.717, 1.165) is 40.4 Å². The molecule has 1 amide bonds. The molecule has 5 rings (SSSR count). The Bertz CT molecular complexity index is 1310. The molecule has 1 aliphatic rings. The summed E-state index contributed by atoms with van der Waals surface area (Å²) in [6.45, 7) is 6.45. The van der Waals surface area contributed by atoms with E-state index >= 15 is 0 Å². The van der Waals surface area contributed by atoms with Crippen molar-refractivity contribution in [2.75, 3.05) is 5.32 Å². The number of aromatic nitrogens is 3. The van der Waals surface area contributed by atoms with Crippen molar-refractivity contribution in [1.29, 1.82) is 0 Å². The molecule has 7 nitrogen and oxygen atoms in total. The molecule has 0 unspecified atom stereocenters. The van der Waals surface area contributed by atoms with Gasteiger partial charge in [0.25, 0.3) is 5.91 Å². The first-order valence-electron chi connectivity index (χ1n) is 10.6. The van der Waals surface area contributed by atoms with Gasteiger partial charge >= 0.3 is 0 Å². The van der Waals surface area contributed by atoms with Gasteiger partial charge in [-0.3, -0.25) is 4.79 Å². The van der Waals surface area contributed by atoms with Crippen LogP contribution in [0.25, 0.3) is 27.5 Å². The zero-order valence-electron chi connectivity index (χ0n) is 18.1. The Labute approximate surface area is 180 Å². The number of carbonyl (C=O) groups is 1. The smallest absolute Gasteiger partial charge is 0.252 e. The van der Waals surface area contributed by atoms with Crippen molar-refractivity contribution in [2.24, 2.45) is 16.9 Å². The summed E-state index contributed by atoms with van der Waals surface area (Å²) in [4.78, 5) is 15.4. The van der Waals surface area contributed by atoms with Crippen LogP contribution in [0.3, 0.4) is 0 Å². The molecule has 1 aliphatic carbocycles. The van der Waals surface area contributed by atoms with Crippen LogP contribution in [0.1, 0.15) is 44.0 Å². The zero-order valence-corrected chi connectivity index (χ0v) is 18.1. The Kier molecular flexibility index (Phi) is 4.17. The van der Waals surface area contributed by atoms with Crippen LogP contribution in [-0.4, -0.2) is 32.1 Å². The van der Waals surface area contributed by atoms with Gasteiger partial charge in [-0.1, -0.05) is 19.9 Å². The number of benzene rings is 1. The van der Waals surface area contributed by atoms with Crippen LogP contribution in [0.2, 0.25) is 0 Å². The maximum atomic E-state index is 12.2. The summed E-state index contributed by atoms with van der Waals surface area (Å²) in [7, 11) is 0. The van der Waals surface area contributed by atoms with Crippen LogP contribution < -0.4 is 16.8 Å². The van der Waals surface area contributed by atoms with E-state index in [2.05, 4.69) is 66.5 Å². The number of rotatable bonds is 4.